The van der Waals surface area contributed by atoms with Crippen LogP contribution in [0.15, 0.2) is 53.5 Å². The molecule has 0 radical (unpaired) electrons. The third kappa shape index (κ3) is 2.49. The van der Waals surface area contributed by atoms with E-state index in [2.05, 4.69) is 17.2 Å². The lowest BCUT2D eigenvalue weighted by Gasteiger charge is -2.09. The third-order valence-electron chi connectivity index (χ3n) is 4.02. The molecule has 24 heavy (non-hydrogen) atoms. The van der Waals surface area contributed by atoms with Gasteiger partial charge in [-0.15, -0.1) is 5.10 Å². The second-order valence-electron chi connectivity index (χ2n) is 5.39. The number of hydrogen-bond donors (Lipinski definition) is 1. The molecule has 0 saturated carbocycles. The van der Waals surface area contributed by atoms with Crippen LogP contribution in [-0.4, -0.2) is 21.0 Å². The number of H-pyrrole nitrogens is 1. The molecule has 0 saturated heterocycles. The Morgan fingerprint density at radius 3 is 2.54 bits per heavy atom. The summed E-state index contributed by atoms with van der Waals surface area (Å²) in [7, 11) is 1.94. The average molecular weight is 359 g/mol. The number of aromatic amines is 1. The molecule has 0 aliphatic carbocycles. The maximum absolute atomic E-state index is 6.41. The zero-order chi connectivity index (χ0) is 16.0. The van der Waals surface area contributed by atoms with Crippen LogP contribution in [0.25, 0.3) is 5.69 Å². The quantitative estimate of drug-likeness (QED) is 0.536. The maximum Gasteiger partial charge on any atom is 0.328 e. The van der Waals surface area contributed by atoms with Crippen LogP contribution < -0.4 is 4.57 Å². The second kappa shape index (κ2) is 6.32. The van der Waals surface area contributed by atoms with Gasteiger partial charge in [0.1, 0.15) is 12.2 Å². The Morgan fingerprint density at radius 1 is 1.12 bits per heavy atom. The first-order valence-corrected chi connectivity index (χ1v) is 8.04. The number of fused-ring (bicyclic) bond motifs is 3. The van der Waals surface area contributed by atoms with Gasteiger partial charge in [0.05, 0.1) is 12.8 Å². The summed E-state index contributed by atoms with van der Waals surface area (Å²) in [5, 5.41) is 3.85. The van der Waals surface area contributed by atoms with E-state index in [1.807, 2.05) is 52.7 Å². The average Bonchev–Trinajstić information content (AvgIpc) is 2.74. The van der Waals surface area contributed by atoms with Crippen LogP contribution in [0.3, 0.4) is 0 Å². The molecule has 2 heterocycles. The summed E-state index contributed by atoms with van der Waals surface area (Å²) in [5.41, 5.74) is 3.87. The van der Waals surface area contributed by atoms with Crippen molar-refractivity contribution in [3.05, 3.63) is 75.3 Å². The number of para-hydroxylation sites is 1. The molecular weight excluding hydrogens is 344 g/mol. The van der Waals surface area contributed by atoms with E-state index in [0.717, 1.165) is 28.4 Å². The van der Waals surface area contributed by atoms with Crippen molar-refractivity contribution in [1.82, 2.24) is 9.78 Å². The summed E-state index contributed by atoms with van der Waals surface area (Å²) >= 11 is 11.9. The zero-order valence-electron chi connectivity index (χ0n) is 12.9. The Morgan fingerprint density at radius 2 is 1.79 bits per heavy atom. The minimum atomic E-state index is 0. The molecule has 2 aromatic carbocycles. The monoisotopic (exact) mass is 358 g/mol. The largest absolute Gasteiger partial charge is 0.870 e. The predicted molar refractivity (Wildman–Crippen MR) is 94.9 cm³/mol. The number of hydrogen-bond acceptors (Lipinski definition) is 3. The number of aliphatic imine (C=N–C) groups is 1. The van der Waals surface area contributed by atoms with Gasteiger partial charge in [-0.05, 0) is 30.4 Å². The fourth-order valence-electron chi connectivity index (χ4n) is 2.94. The minimum absolute atomic E-state index is 0. The summed E-state index contributed by atoms with van der Waals surface area (Å²) in [6, 6.07) is 15.9. The molecule has 3 aromatic rings. The number of nitrogens with one attached hydrogen (secondary N) is 1. The van der Waals surface area contributed by atoms with Gasteiger partial charge in [0.15, 0.2) is 0 Å². The Kier molecular flexibility index (Phi) is 4.36. The van der Waals surface area contributed by atoms with Gasteiger partial charge in [-0.25, -0.2) is 0 Å². The van der Waals surface area contributed by atoms with Gasteiger partial charge in [-0.3, -0.25) is 4.99 Å². The van der Waals surface area contributed by atoms with E-state index in [0.29, 0.717) is 16.3 Å². The van der Waals surface area contributed by atoms with Crippen LogP contribution >= 0.6 is 23.8 Å². The molecule has 2 N–H and O–H groups in total. The number of aryl methyl sites for hydroxylation is 1. The van der Waals surface area contributed by atoms with Crippen molar-refractivity contribution < 1.29 is 10.0 Å². The Balaban J connectivity index is 0.00000169. The summed E-state index contributed by atoms with van der Waals surface area (Å²) in [6.07, 6.45) is 0. The van der Waals surface area contributed by atoms with Crippen molar-refractivity contribution >= 4 is 29.5 Å². The van der Waals surface area contributed by atoms with Crippen molar-refractivity contribution in [2.75, 3.05) is 0 Å². The molecule has 0 bridgehead atoms. The molecule has 0 atom stereocenters. The number of aromatic nitrogens is 3. The van der Waals surface area contributed by atoms with Gasteiger partial charge in [-0.1, -0.05) is 41.9 Å². The molecule has 4 rings (SSSR count). The highest BCUT2D eigenvalue weighted by Crippen LogP contribution is 2.24. The highest BCUT2D eigenvalue weighted by atomic mass is 35.5. The number of halogens is 1. The van der Waals surface area contributed by atoms with E-state index in [4.69, 9.17) is 28.8 Å². The molecule has 0 amide bonds. The van der Waals surface area contributed by atoms with Gasteiger partial charge in [0.25, 0.3) is 5.82 Å². The molecule has 0 spiro atoms. The molecule has 7 heteroatoms. The molecule has 122 valence electrons. The van der Waals surface area contributed by atoms with Gasteiger partial charge in [0, 0.05) is 16.1 Å². The van der Waals surface area contributed by atoms with Crippen molar-refractivity contribution in [1.29, 1.82) is 0 Å². The second-order valence-corrected chi connectivity index (χ2v) is 6.18. The van der Waals surface area contributed by atoms with Gasteiger partial charge < -0.3 is 5.48 Å². The van der Waals surface area contributed by atoms with E-state index in [-0.39, 0.29) is 5.48 Å². The number of nitrogens with zero attached hydrogens (tertiary/aromatic N) is 3. The zero-order valence-corrected chi connectivity index (χ0v) is 14.5. The standard InChI is InChI=1S/C17H13ClN4S.H2O/c1-21-15-10-19-16(11-6-2-4-8-13(11)18)12-7-3-5-9-14(12)22(15)17(23)20-21;/h2-9H,10H2,1H3;1H2. The fourth-order valence-corrected chi connectivity index (χ4v) is 3.50. The number of rotatable bonds is 1. The van der Waals surface area contributed by atoms with E-state index >= 15 is 0 Å². The van der Waals surface area contributed by atoms with Gasteiger partial charge >= 0.3 is 4.77 Å². The maximum atomic E-state index is 6.41. The highest BCUT2D eigenvalue weighted by molar-refractivity contribution is 7.71. The van der Waals surface area contributed by atoms with Crippen LogP contribution in [0.4, 0.5) is 0 Å². The topological polar surface area (TPSA) is 67.0 Å². The highest BCUT2D eigenvalue weighted by Gasteiger charge is 2.26. The molecular formula is C17H15ClN4OS. The Hall–Kier alpha value is -2.28. The predicted octanol–water partition coefficient (Wildman–Crippen LogP) is 3.19. The molecule has 0 unspecified atom stereocenters. The lowest BCUT2D eigenvalue weighted by atomic mass is 10.0. The third-order valence-corrected chi connectivity index (χ3v) is 4.62. The summed E-state index contributed by atoms with van der Waals surface area (Å²) in [5.74, 6) is 1.00. The van der Waals surface area contributed by atoms with Crippen LogP contribution in [0.1, 0.15) is 17.0 Å². The Labute approximate surface area is 149 Å². The molecule has 1 aromatic heterocycles. The lowest BCUT2D eigenvalue weighted by Crippen LogP contribution is -2.36. The van der Waals surface area contributed by atoms with E-state index in [1.54, 1.807) is 0 Å². The summed E-state index contributed by atoms with van der Waals surface area (Å²) < 4.78 is 4.61. The van der Waals surface area contributed by atoms with Gasteiger partial charge in [0.2, 0.25) is 0 Å². The molecule has 1 aliphatic rings. The van der Waals surface area contributed by atoms with E-state index in [9.17, 15) is 0 Å². The van der Waals surface area contributed by atoms with Crippen molar-refractivity contribution in [3.8, 4) is 5.69 Å². The van der Waals surface area contributed by atoms with E-state index in [1.165, 1.54) is 0 Å². The smallest absolute Gasteiger partial charge is 0.328 e. The molecule has 0 fully saturated rings. The van der Waals surface area contributed by atoms with Crippen LogP contribution in [0, 0.1) is 4.77 Å². The van der Waals surface area contributed by atoms with Crippen molar-refractivity contribution in [3.63, 3.8) is 0 Å². The Bertz CT molecular complexity index is 1010. The normalized spacial score (nSPS) is 12.5. The first-order valence-electron chi connectivity index (χ1n) is 7.26. The lowest BCUT2D eigenvalue weighted by molar-refractivity contribution is -0.611. The SMILES string of the molecule is Cn1[nH]c(=S)[n+]2c1CN=C(c1ccccc1Cl)c1ccccc1-2.[OH-]. The minimum Gasteiger partial charge on any atom is -0.870 e. The van der Waals surface area contributed by atoms with Crippen molar-refractivity contribution in [2.45, 2.75) is 6.54 Å². The first-order chi connectivity index (χ1) is 11.2. The molecule has 1 aliphatic heterocycles. The first kappa shape index (κ1) is 16.6. The van der Waals surface area contributed by atoms with Crippen molar-refractivity contribution in [2.24, 2.45) is 12.0 Å². The summed E-state index contributed by atoms with van der Waals surface area (Å²) in [4.78, 5) is 4.84. The van der Waals surface area contributed by atoms with Crippen LogP contribution in [0.2, 0.25) is 5.02 Å². The number of benzene rings is 2. The van der Waals surface area contributed by atoms with Gasteiger partial charge in [-0.2, -0.15) is 9.25 Å². The van der Waals surface area contributed by atoms with Crippen LogP contribution in [-0.2, 0) is 13.6 Å². The summed E-state index contributed by atoms with van der Waals surface area (Å²) in [6.45, 7) is 0.527. The van der Waals surface area contributed by atoms with E-state index < -0.39 is 0 Å². The fraction of sp³-hybridized carbons (Fsp3) is 0.118. The molecule has 5 nitrogen and oxygen atoms in total. The van der Waals surface area contributed by atoms with Crippen LogP contribution in [0.5, 0.6) is 0 Å².